The van der Waals surface area contributed by atoms with Gasteiger partial charge in [0.15, 0.2) is 0 Å². The maximum atomic E-state index is 12.5. The smallest absolute Gasteiger partial charge is 0.335 e. The van der Waals surface area contributed by atoms with Gasteiger partial charge in [0.25, 0.3) is 5.91 Å². The molecule has 0 aliphatic carbocycles. The van der Waals surface area contributed by atoms with E-state index in [1.807, 2.05) is 18.2 Å². The van der Waals surface area contributed by atoms with Crippen LogP contribution in [0.25, 0.3) is 0 Å². The molecule has 114 valence electrons. The second-order valence-corrected chi connectivity index (χ2v) is 4.88. The molecular formula is C17H18N2O3. The monoisotopic (exact) mass is 298 g/mol. The molecular weight excluding hydrogens is 280 g/mol. The van der Waals surface area contributed by atoms with Gasteiger partial charge in [-0.1, -0.05) is 30.3 Å². The van der Waals surface area contributed by atoms with Crippen LogP contribution in [-0.4, -0.2) is 35.0 Å². The van der Waals surface area contributed by atoms with E-state index >= 15 is 0 Å². The number of carboxylic acids is 1. The Balaban J connectivity index is 2.14. The van der Waals surface area contributed by atoms with Crippen LogP contribution < -0.4 is 5.73 Å². The summed E-state index contributed by atoms with van der Waals surface area (Å²) in [5, 5.41) is 8.90. The fourth-order valence-electron chi connectivity index (χ4n) is 2.14. The number of carbonyl (C=O) groups is 2. The maximum Gasteiger partial charge on any atom is 0.335 e. The van der Waals surface area contributed by atoms with Crippen molar-refractivity contribution in [1.82, 2.24) is 4.90 Å². The van der Waals surface area contributed by atoms with Gasteiger partial charge in [0.1, 0.15) is 0 Å². The summed E-state index contributed by atoms with van der Waals surface area (Å²) in [5.41, 5.74) is 7.29. The molecule has 0 aromatic heterocycles. The van der Waals surface area contributed by atoms with Gasteiger partial charge in [0.2, 0.25) is 0 Å². The number of hydrogen-bond acceptors (Lipinski definition) is 3. The van der Waals surface area contributed by atoms with E-state index in [-0.39, 0.29) is 11.5 Å². The Labute approximate surface area is 129 Å². The first-order valence-electron chi connectivity index (χ1n) is 6.98. The molecule has 0 bridgehead atoms. The van der Waals surface area contributed by atoms with Gasteiger partial charge in [-0.05, 0) is 29.8 Å². The molecule has 2 aromatic carbocycles. The first-order valence-corrected chi connectivity index (χ1v) is 6.98. The standard InChI is InChI=1S/C17H18N2O3/c18-10-11-19(16(20)14-4-2-1-3-5-14)12-13-6-8-15(9-7-13)17(21)22/h1-9H,10-12,18H2,(H,21,22). The molecule has 0 unspecified atom stereocenters. The molecule has 0 saturated heterocycles. The number of nitrogens with zero attached hydrogens (tertiary/aromatic N) is 1. The minimum atomic E-state index is -0.967. The van der Waals surface area contributed by atoms with Crippen molar-refractivity contribution in [3.05, 3.63) is 71.3 Å². The van der Waals surface area contributed by atoms with Crippen molar-refractivity contribution < 1.29 is 14.7 Å². The molecule has 22 heavy (non-hydrogen) atoms. The van der Waals surface area contributed by atoms with Crippen LogP contribution in [0.15, 0.2) is 54.6 Å². The van der Waals surface area contributed by atoms with Gasteiger partial charge in [0.05, 0.1) is 5.56 Å². The number of benzene rings is 2. The highest BCUT2D eigenvalue weighted by atomic mass is 16.4. The van der Waals surface area contributed by atoms with E-state index in [0.717, 1.165) is 5.56 Å². The lowest BCUT2D eigenvalue weighted by Gasteiger charge is -2.22. The minimum absolute atomic E-state index is 0.0895. The normalized spacial score (nSPS) is 10.2. The molecule has 0 spiro atoms. The highest BCUT2D eigenvalue weighted by molar-refractivity contribution is 5.94. The van der Waals surface area contributed by atoms with E-state index in [4.69, 9.17) is 10.8 Å². The highest BCUT2D eigenvalue weighted by Gasteiger charge is 2.15. The molecule has 2 rings (SSSR count). The Morgan fingerprint density at radius 2 is 1.59 bits per heavy atom. The second kappa shape index (κ2) is 7.38. The molecule has 0 heterocycles. The molecule has 0 aliphatic heterocycles. The molecule has 5 nitrogen and oxygen atoms in total. The van der Waals surface area contributed by atoms with Crippen LogP contribution in [0.4, 0.5) is 0 Å². The van der Waals surface area contributed by atoms with Crippen molar-refractivity contribution in [3.8, 4) is 0 Å². The average Bonchev–Trinajstić information content (AvgIpc) is 2.55. The molecule has 3 N–H and O–H groups in total. The number of aromatic carboxylic acids is 1. The third-order valence-corrected chi connectivity index (χ3v) is 3.28. The number of amides is 1. The van der Waals surface area contributed by atoms with Crippen molar-refractivity contribution >= 4 is 11.9 Å². The first kappa shape index (κ1) is 15.7. The van der Waals surface area contributed by atoms with Crippen LogP contribution in [0, 0.1) is 0 Å². The molecule has 0 saturated carbocycles. The van der Waals surface area contributed by atoms with Crippen molar-refractivity contribution in [2.75, 3.05) is 13.1 Å². The Morgan fingerprint density at radius 3 is 2.14 bits per heavy atom. The van der Waals surface area contributed by atoms with E-state index in [9.17, 15) is 9.59 Å². The third-order valence-electron chi connectivity index (χ3n) is 3.28. The summed E-state index contributed by atoms with van der Waals surface area (Å²) in [6.45, 7) is 1.20. The lowest BCUT2D eigenvalue weighted by molar-refractivity contribution is 0.0694. The Hall–Kier alpha value is -2.66. The summed E-state index contributed by atoms with van der Waals surface area (Å²) in [6, 6.07) is 15.5. The summed E-state index contributed by atoms with van der Waals surface area (Å²) in [6.07, 6.45) is 0. The van der Waals surface area contributed by atoms with Gasteiger partial charge in [-0.15, -0.1) is 0 Å². The largest absolute Gasteiger partial charge is 0.478 e. The highest BCUT2D eigenvalue weighted by Crippen LogP contribution is 2.11. The lowest BCUT2D eigenvalue weighted by atomic mass is 10.1. The van der Waals surface area contributed by atoms with Gasteiger partial charge in [-0.2, -0.15) is 0 Å². The maximum absolute atomic E-state index is 12.5. The predicted octanol–water partition coefficient (Wildman–Crippen LogP) is 1.99. The molecule has 0 aliphatic rings. The summed E-state index contributed by atoms with van der Waals surface area (Å²) in [4.78, 5) is 25.0. The summed E-state index contributed by atoms with van der Waals surface area (Å²) >= 11 is 0. The fourth-order valence-corrected chi connectivity index (χ4v) is 2.14. The van der Waals surface area contributed by atoms with E-state index in [2.05, 4.69) is 0 Å². The zero-order valence-corrected chi connectivity index (χ0v) is 12.1. The predicted molar refractivity (Wildman–Crippen MR) is 83.6 cm³/mol. The molecule has 2 aromatic rings. The fraction of sp³-hybridized carbons (Fsp3) is 0.176. The SMILES string of the molecule is NCCN(Cc1ccc(C(=O)O)cc1)C(=O)c1ccccc1. The van der Waals surface area contributed by atoms with Crippen molar-refractivity contribution in [3.63, 3.8) is 0 Å². The Bertz CT molecular complexity index is 639. The number of carboxylic acid groups (broad SMARTS) is 1. The number of nitrogens with two attached hydrogens (primary N) is 1. The topological polar surface area (TPSA) is 83.6 Å². The first-order chi connectivity index (χ1) is 10.6. The van der Waals surface area contributed by atoms with Crippen LogP contribution >= 0.6 is 0 Å². The van der Waals surface area contributed by atoms with E-state index in [0.29, 0.717) is 25.2 Å². The number of rotatable bonds is 6. The van der Waals surface area contributed by atoms with E-state index in [1.54, 1.807) is 29.2 Å². The van der Waals surface area contributed by atoms with Crippen molar-refractivity contribution in [2.24, 2.45) is 5.73 Å². The molecule has 0 radical (unpaired) electrons. The van der Waals surface area contributed by atoms with Gasteiger partial charge >= 0.3 is 5.97 Å². The summed E-state index contributed by atoms with van der Waals surface area (Å²) < 4.78 is 0. The van der Waals surface area contributed by atoms with E-state index < -0.39 is 5.97 Å². The van der Waals surface area contributed by atoms with Gasteiger partial charge in [-0.3, -0.25) is 4.79 Å². The van der Waals surface area contributed by atoms with Crippen molar-refractivity contribution in [1.29, 1.82) is 0 Å². The molecule has 0 atom stereocenters. The Morgan fingerprint density at radius 1 is 0.955 bits per heavy atom. The zero-order chi connectivity index (χ0) is 15.9. The van der Waals surface area contributed by atoms with Crippen LogP contribution in [0.3, 0.4) is 0 Å². The van der Waals surface area contributed by atoms with Crippen LogP contribution in [0.1, 0.15) is 26.3 Å². The minimum Gasteiger partial charge on any atom is -0.478 e. The summed E-state index contributed by atoms with van der Waals surface area (Å²) in [5.74, 6) is -1.06. The second-order valence-electron chi connectivity index (χ2n) is 4.88. The van der Waals surface area contributed by atoms with Gasteiger partial charge < -0.3 is 15.7 Å². The quantitative estimate of drug-likeness (QED) is 0.854. The van der Waals surface area contributed by atoms with E-state index in [1.165, 1.54) is 12.1 Å². The molecule has 1 amide bonds. The van der Waals surface area contributed by atoms with Crippen LogP contribution in [0.2, 0.25) is 0 Å². The zero-order valence-electron chi connectivity index (χ0n) is 12.1. The lowest BCUT2D eigenvalue weighted by Crippen LogP contribution is -2.34. The Kier molecular flexibility index (Phi) is 5.27. The van der Waals surface area contributed by atoms with Crippen molar-refractivity contribution in [2.45, 2.75) is 6.54 Å². The summed E-state index contributed by atoms with van der Waals surface area (Å²) in [7, 11) is 0. The van der Waals surface area contributed by atoms with Crippen LogP contribution in [-0.2, 0) is 6.54 Å². The molecule has 5 heteroatoms. The molecule has 0 fully saturated rings. The third kappa shape index (κ3) is 3.93. The van der Waals surface area contributed by atoms with Gasteiger partial charge in [0, 0.05) is 25.2 Å². The number of hydrogen-bond donors (Lipinski definition) is 2. The average molecular weight is 298 g/mol. The van der Waals surface area contributed by atoms with Gasteiger partial charge in [-0.25, -0.2) is 4.79 Å². The number of carbonyl (C=O) groups excluding carboxylic acids is 1. The van der Waals surface area contributed by atoms with Crippen LogP contribution in [0.5, 0.6) is 0 Å².